The lowest BCUT2D eigenvalue weighted by molar-refractivity contribution is -0.138. The SMILES string of the molecule is C=CCOc1cc(Cl)c(CN2CCN(C3CCCC3)C(=O)C2)cc1OC. The third kappa shape index (κ3) is 4.33. The van der Waals surface area contributed by atoms with Crippen LogP contribution in [0.1, 0.15) is 31.2 Å². The maximum absolute atomic E-state index is 12.6. The summed E-state index contributed by atoms with van der Waals surface area (Å²) < 4.78 is 11.0. The molecule has 1 aromatic carbocycles. The van der Waals surface area contributed by atoms with Crippen molar-refractivity contribution in [2.45, 2.75) is 38.3 Å². The Morgan fingerprint density at radius 3 is 2.69 bits per heavy atom. The van der Waals surface area contributed by atoms with E-state index in [1.807, 2.05) is 6.07 Å². The van der Waals surface area contributed by atoms with Crippen molar-refractivity contribution in [2.24, 2.45) is 0 Å². The number of methoxy groups -OCH3 is 1. The first-order valence-corrected chi connectivity index (χ1v) is 9.62. The first kappa shape index (κ1) is 19.1. The summed E-state index contributed by atoms with van der Waals surface area (Å²) in [5.74, 6) is 1.47. The van der Waals surface area contributed by atoms with E-state index in [0.29, 0.717) is 42.3 Å². The van der Waals surface area contributed by atoms with Gasteiger partial charge in [-0.25, -0.2) is 0 Å². The van der Waals surface area contributed by atoms with E-state index < -0.39 is 0 Å². The lowest BCUT2D eigenvalue weighted by Gasteiger charge is -2.38. The van der Waals surface area contributed by atoms with Gasteiger partial charge in [-0.15, -0.1) is 0 Å². The molecular formula is C20H27ClN2O3. The highest BCUT2D eigenvalue weighted by atomic mass is 35.5. The molecule has 1 saturated heterocycles. The highest BCUT2D eigenvalue weighted by Crippen LogP contribution is 2.34. The number of halogens is 1. The topological polar surface area (TPSA) is 42.0 Å². The normalized spacial score (nSPS) is 19.0. The van der Waals surface area contributed by atoms with Gasteiger partial charge in [-0.2, -0.15) is 0 Å². The zero-order valence-corrected chi connectivity index (χ0v) is 16.1. The van der Waals surface area contributed by atoms with E-state index in [-0.39, 0.29) is 5.91 Å². The molecule has 3 rings (SSSR count). The summed E-state index contributed by atoms with van der Waals surface area (Å²) in [7, 11) is 1.61. The molecule has 1 saturated carbocycles. The minimum absolute atomic E-state index is 0.233. The van der Waals surface area contributed by atoms with Crippen molar-refractivity contribution in [3.05, 3.63) is 35.4 Å². The van der Waals surface area contributed by atoms with Gasteiger partial charge in [-0.05, 0) is 24.5 Å². The third-order valence-electron chi connectivity index (χ3n) is 5.19. The number of hydrogen-bond acceptors (Lipinski definition) is 4. The van der Waals surface area contributed by atoms with Gasteiger partial charge in [0.1, 0.15) is 6.61 Å². The van der Waals surface area contributed by atoms with Crippen LogP contribution in [-0.2, 0) is 11.3 Å². The molecule has 2 fully saturated rings. The first-order chi connectivity index (χ1) is 12.6. The number of ether oxygens (including phenoxy) is 2. The molecular weight excluding hydrogens is 352 g/mol. The van der Waals surface area contributed by atoms with Crippen LogP contribution in [0, 0.1) is 0 Å². The number of hydrogen-bond donors (Lipinski definition) is 0. The molecule has 1 heterocycles. The van der Waals surface area contributed by atoms with Gasteiger partial charge in [0.25, 0.3) is 0 Å². The van der Waals surface area contributed by atoms with Crippen molar-refractivity contribution in [1.82, 2.24) is 9.80 Å². The van der Waals surface area contributed by atoms with Crippen molar-refractivity contribution in [2.75, 3.05) is 33.4 Å². The summed E-state index contributed by atoms with van der Waals surface area (Å²) in [5, 5.41) is 0.621. The molecule has 0 atom stereocenters. The molecule has 5 nitrogen and oxygen atoms in total. The van der Waals surface area contributed by atoms with Gasteiger partial charge in [0.2, 0.25) is 5.91 Å². The fourth-order valence-electron chi connectivity index (χ4n) is 3.83. The Kier molecular flexibility index (Phi) is 6.43. The zero-order chi connectivity index (χ0) is 18.5. The van der Waals surface area contributed by atoms with E-state index in [1.165, 1.54) is 12.8 Å². The Labute approximate surface area is 160 Å². The summed E-state index contributed by atoms with van der Waals surface area (Å²) >= 11 is 6.44. The molecule has 0 unspecified atom stereocenters. The van der Waals surface area contributed by atoms with E-state index in [0.717, 1.165) is 31.5 Å². The van der Waals surface area contributed by atoms with Crippen LogP contribution in [0.5, 0.6) is 11.5 Å². The molecule has 0 N–H and O–H groups in total. The minimum Gasteiger partial charge on any atom is -0.493 e. The Morgan fingerprint density at radius 2 is 2.04 bits per heavy atom. The number of nitrogens with zero attached hydrogens (tertiary/aromatic N) is 2. The van der Waals surface area contributed by atoms with Crippen LogP contribution >= 0.6 is 11.6 Å². The molecule has 0 spiro atoms. The predicted octanol–water partition coefficient (Wildman–Crippen LogP) is 3.50. The minimum atomic E-state index is 0.233. The number of piperazine rings is 1. The van der Waals surface area contributed by atoms with Crippen molar-refractivity contribution >= 4 is 17.5 Å². The number of amides is 1. The van der Waals surface area contributed by atoms with Crippen LogP contribution in [0.3, 0.4) is 0 Å². The maximum atomic E-state index is 12.6. The van der Waals surface area contributed by atoms with Gasteiger partial charge >= 0.3 is 0 Å². The van der Waals surface area contributed by atoms with Crippen LogP contribution < -0.4 is 9.47 Å². The van der Waals surface area contributed by atoms with Gasteiger partial charge in [0.15, 0.2) is 11.5 Å². The highest BCUT2D eigenvalue weighted by molar-refractivity contribution is 6.31. The lowest BCUT2D eigenvalue weighted by atomic mass is 10.1. The first-order valence-electron chi connectivity index (χ1n) is 9.24. The quantitative estimate of drug-likeness (QED) is 0.681. The van der Waals surface area contributed by atoms with E-state index in [9.17, 15) is 4.79 Å². The van der Waals surface area contributed by atoms with Gasteiger partial charge in [-0.3, -0.25) is 9.69 Å². The van der Waals surface area contributed by atoms with Gasteiger partial charge in [0, 0.05) is 36.8 Å². The predicted molar refractivity (Wildman–Crippen MR) is 103 cm³/mol. The molecule has 26 heavy (non-hydrogen) atoms. The lowest BCUT2D eigenvalue weighted by Crippen LogP contribution is -2.53. The summed E-state index contributed by atoms with van der Waals surface area (Å²) in [6.07, 6.45) is 6.47. The molecule has 6 heteroatoms. The van der Waals surface area contributed by atoms with Gasteiger partial charge < -0.3 is 14.4 Å². The Balaban J connectivity index is 1.65. The van der Waals surface area contributed by atoms with E-state index in [2.05, 4.69) is 16.4 Å². The smallest absolute Gasteiger partial charge is 0.237 e. The fraction of sp³-hybridized carbons (Fsp3) is 0.550. The fourth-order valence-corrected chi connectivity index (χ4v) is 4.05. The Bertz CT molecular complexity index is 659. The van der Waals surface area contributed by atoms with Crippen LogP contribution in [0.15, 0.2) is 24.8 Å². The van der Waals surface area contributed by atoms with E-state index in [1.54, 1.807) is 19.3 Å². The maximum Gasteiger partial charge on any atom is 0.237 e. The molecule has 1 aliphatic carbocycles. The van der Waals surface area contributed by atoms with Gasteiger partial charge in [0.05, 0.1) is 13.7 Å². The molecule has 0 radical (unpaired) electrons. The van der Waals surface area contributed by atoms with Crippen LogP contribution in [0.4, 0.5) is 0 Å². The van der Waals surface area contributed by atoms with Crippen molar-refractivity contribution < 1.29 is 14.3 Å². The zero-order valence-electron chi connectivity index (χ0n) is 15.4. The summed E-state index contributed by atoms with van der Waals surface area (Å²) in [6, 6.07) is 4.12. The van der Waals surface area contributed by atoms with Crippen molar-refractivity contribution in [3.8, 4) is 11.5 Å². The van der Waals surface area contributed by atoms with E-state index in [4.69, 9.17) is 21.1 Å². The standard InChI is InChI=1S/C20H27ClN2O3/c1-3-10-26-19-12-17(21)15(11-18(19)25-2)13-22-8-9-23(20(24)14-22)16-6-4-5-7-16/h3,11-12,16H,1,4-10,13-14H2,2H3. The van der Waals surface area contributed by atoms with Crippen molar-refractivity contribution in [3.63, 3.8) is 0 Å². The average Bonchev–Trinajstić information content (AvgIpc) is 3.16. The number of carbonyl (C=O) groups excluding carboxylic acids is 1. The molecule has 2 aliphatic rings. The third-order valence-corrected chi connectivity index (χ3v) is 5.54. The van der Waals surface area contributed by atoms with E-state index >= 15 is 0 Å². The van der Waals surface area contributed by atoms with Crippen LogP contribution in [0.25, 0.3) is 0 Å². The largest absolute Gasteiger partial charge is 0.493 e. The molecule has 0 aromatic heterocycles. The van der Waals surface area contributed by atoms with Crippen LogP contribution in [-0.4, -0.2) is 55.1 Å². The monoisotopic (exact) mass is 378 g/mol. The Hall–Kier alpha value is -1.72. The molecule has 1 amide bonds. The Morgan fingerprint density at radius 1 is 1.27 bits per heavy atom. The average molecular weight is 379 g/mol. The second-order valence-corrected chi connectivity index (χ2v) is 7.34. The summed E-state index contributed by atoms with van der Waals surface area (Å²) in [5.41, 5.74) is 0.941. The number of rotatable bonds is 7. The summed E-state index contributed by atoms with van der Waals surface area (Å²) in [6.45, 7) is 6.79. The van der Waals surface area contributed by atoms with Crippen LogP contribution in [0.2, 0.25) is 5.02 Å². The second-order valence-electron chi connectivity index (χ2n) is 6.93. The number of benzene rings is 1. The van der Waals surface area contributed by atoms with Crippen molar-refractivity contribution in [1.29, 1.82) is 0 Å². The molecule has 1 aromatic rings. The summed E-state index contributed by atoms with van der Waals surface area (Å²) in [4.78, 5) is 16.8. The number of carbonyl (C=O) groups is 1. The second kappa shape index (κ2) is 8.78. The molecule has 142 valence electrons. The highest BCUT2D eigenvalue weighted by Gasteiger charge is 2.31. The molecule has 1 aliphatic heterocycles. The molecule has 0 bridgehead atoms. The van der Waals surface area contributed by atoms with Gasteiger partial charge in [-0.1, -0.05) is 37.1 Å².